The molecule has 0 aromatic rings. The first-order valence-corrected chi connectivity index (χ1v) is 18.1. The molecule has 0 rings (SSSR count). The zero-order valence-electron chi connectivity index (χ0n) is 28.9. The molecule has 3 atom stereocenters. The number of ketones is 3. The van der Waals surface area contributed by atoms with Crippen LogP contribution in [0.4, 0.5) is 0 Å². The molecule has 0 bridgehead atoms. The van der Waals surface area contributed by atoms with Gasteiger partial charge in [-0.2, -0.15) is 8.42 Å². The highest BCUT2D eigenvalue weighted by molar-refractivity contribution is 7.85. The SMILES string of the molecule is O=CCCC(=O)CNC(=O)CCC(CC(=O)COCCOCCNC(=O)CCC(CC(=O)C(CS(=O)(=O)O)NC(=O)CCCC(=O)O)C(=O)O)C(=O)O. The van der Waals surface area contributed by atoms with E-state index in [0.29, 0.717) is 6.29 Å². The van der Waals surface area contributed by atoms with Crippen LogP contribution in [0, 0.1) is 11.8 Å². The average molecular weight is 782 g/mol. The molecular weight excluding hydrogens is 734 g/mol. The number of aliphatic carboxylic acids is 3. The second-order valence-electron chi connectivity index (χ2n) is 11.7. The van der Waals surface area contributed by atoms with E-state index in [1.54, 1.807) is 0 Å². The van der Waals surface area contributed by atoms with Gasteiger partial charge >= 0.3 is 17.9 Å². The van der Waals surface area contributed by atoms with Crippen molar-refractivity contribution in [1.82, 2.24) is 16.0 Å². The number of carbonyl (C=O) groups excluding carboxylic acids is 7. The lowest BCUT2D eigenvalue weighted by molar-refractivity contribution is -0.145. The summed E-state index contributed by atoms with van der Waals surface area (Å²) in [5.74, 6) is -11.8. The Morgan fingerprint density at radius 3 is 1.83 bits per heavy atom. The lowest BCUT2D eigenvalue weighted by Gasteiger charge is -2.19. The summed E-state index contributed by atoms with van der Waals surface area (Å²) < 4.78 is 42.3. The number of hydrogen-bond acceptors (Lipinski definition) is 14. The Balaban J connectivity index is 4.47. The van der Waals surface area contributed by atoms with Crippen LogP contribution in [-0.4, -0.2) is 139 Å². The van der Waals surface area contributed by atoms with Crippen molar-refractivity contribution < 1.29 is 85.7 Å². The molecule has 0 saturated heterocycles. The molecule has 0 radical (unpaired) electrons. The van der Waals surface area contributed by atoms with Gasteiger partial charge in [0, 0.05) is 57.9 Å². The van der Waals surface area contributed by atoms with Crippen LogP contribution in [0.5, 0.6) is 0 Å². The highest BCUT2D eigenvalue weighted by Crippen LogP contribution is 2.15. The van der Waals surface area contributed by atoms with E-state index in [2.05, 4.69) is 16.0 Å². The fourth-order valence-electron chi connectivity index (χ4n) is 4.40. The topological polar surface area (TPSA) is 340 Å². The molecule has 7 N–H and O–H groups in total. The molecule has 22 heteroatoms. The van der Waals surface area contributed by atoms with Gasteiger partial charge in [0.25, 0.3) is 10.1 Å². The van der Waals surface area contributed by atoms with Crippen LogP contribution in [-0.2, 0) is 67.5 Å². The van der Waals surface area contributed by atoms with Crippen molar-refractivity contribution in [1.29, 1.82) is 0 Å². The molecule has 0 saturated carbocycles. The molecule has 300 valence electrons. The maximum absolute atomic E-state index is 12.7. The van der Waals surface area contributed by atoms with Crippen LogP contribution >= 0.6 is 0 Å². The Labute approximate surface area is 304 Å². The van der Waals surface area contributed by atoms with Crippen LogP contribution < -0.4 is 16.0 Å². The molecule has 0 aromatic heterocycles. The number of nitrogens with one attached hydrogen (secondary N) is 3. The molecule has 53 heavy (non-hydrogen) atoms. The Kier molecular flexibility index (Phi) is 24.6. The fraction of sp³-hybridized carbons (Fsp3) is 0.677. The van der Waals surface area contributed by atoms with Crippen molar-refractivity contribution in [2.45, 2.75) is 76.7 Å². The smallest absolute Gasteiger partial charge is 0.306 e. The standard InChI is InChI=1S/C31H47N3O18S/c35-11-2-3-22(36)17-33-27(40)9-6-20(30(44)45)15-23(37)18-52-14-13-51-12-10-32-26(39)8-7-21(31(46)47)16-25(38)24(19-53(48,49)50)34-28(41)4-1-5-29(42)43/h11,20-21,24H,1-10,12-19H2,(H,32,39)(H,33,40)(H,34,41)(H,42,43)(H,44,45)(H,46,47)(H,48,49,50). The summed E-state index contributed by atoms with van der Waals surface area (Å²) in [6.07, 6.45) is -2.58. The van der Waals surface area contributed by atoms with Crippen LogP contribution in [0.2, 0.25) is 0 Å². The Hall–Kier alpha value is -4.67. The number of carbonyl (C=O) groups is 10. The number of Topliss-reactive ketones (excluding diaryl/α,β-unsaturated/α-hetero) is 3. The van der Waals surface area contributed by atoms with Gasteiger partial charge in [-0.15, -0.1) is 0 Å². The van der Waals surface area contributed by atoms with Crippen LogP contribution in [0.3, 0.4) is 0 Å². The fourth-order valence-corrected chi connectivity index (χ4v) is 5.09. The molecule has 3 amide bonds. The minimum Gasteiger partial charge on any atom is -0.481 e. The first-order chi connectivity index (χ1) is 24.8. The molecule has 0 fully saturated rings. The molecule has 21 nitrogen and oxygen atoms in total. The van der Waals surface area contributed by atoms with Gasteiger partial charge in [0.2, 0.25) is 17.7 Å². The molecule has 0 aliphatic heterocycles. The third-order valence-corrected chi connectivity index (χ3v) is 7.94. The maximum atomic E-state index is 12.7. The summed E-state index contributed by atoms with van der Waals surface area (Å²) in [5.41, 5.74) is 0. The number of ether oxygens (including phenoxy) is 2. The number of carboxylic acid groups (broad SMARTS) is 3. The Morgan fingerprint density at radius 2 is 1.26 bits per heavy atom. The zero-order chi connectivity index (χ0) is 40.4. The average Bonchev–Trinajstić information content (AvgIpc) is 3.06. The van der Waals surface area contributed by atoms with Crippen molar-refractivity contribution in [3.8, 4) is 0 Å². The van der Waals surface area contributed by atoms with E-state index in [-0.39, 0.29) is 96.5 Å². The number of hydrogen-bond donors (Lipinski definition) is 7. The van der Waals surface area contributed by atoms with Gasteiger partial charge in [0.15, 0.2) is 17.3 Å². The third kappa shape index (κ3) is 26.7. The first kappa shape index (κ1) is 48.3. The summed E-state index contributed by atoms with van der Waals surface area (Å²) in [4.78, 5) is 117. The minimum absolute atomic E-state index is 0.0126. The van der Waals surface area contributed by atoms with Gasteiger partial charge in [-0.1, -0.05) is 0 Å². The van der Waals surface area contributed by atoms with Gasteiger partial charge in [0.05, 0.1) is 38.2 Å². The molecule has 0 aliphatic rings. The van der Waals surface area contributed by atoms with Gasteiger partial charge in [-0.25, -0.2) is 0 Å². The van der Waals surface area contributed by atoms with Crippen LogP contribution in [0.25, 0.3) is 0 Å². The van der Waals surface area contributed by atoms with Crippen molar-refractivity contribution in [2.24, 2.45) is 11.8 Å². The third-order valence-electron chi connectivity index (χ3n) is 7.18. The molecule has 0 spiro atoms. The van der Waals surface area contributed by atoms with Crippen LogP contribution in [0.1, 0.15) is 70.6 Å². The van der Waals surface area contributed by atoms with E-state index in [4.69, 9.17) is 19.1 Å². The highest BCUT2D eigenvalue weighted by atomic mass is 32.2. The van der Waals surface area contributed by atoms with Crippen molar-refractivity contribution in [3.63, 3.8) is 0 Å². The van der Waals surface area contributed by atoms with Gasteiger partial charge in [0.1, 0.15) is 24.7 Å². The molecule has 3 unspecified atom stereocenters. The Morgan fingerprint density at radius 1 is 0.679 bits per heavy atom. The van der Waals surface area contributed by atoms with E-state index in [0.717, 1.165) is 0 Å². The normalized spacial score (nSPS) is 12.8. The van der Waals surface area contributed by atoms with E-state index >= 15 is 0 Å². The second-order valence-corrected chi connectivity index (χ2v) is 13.2. The van der Waals surface area contributed by atoms with Gasteiger partial charge in [-0.3, -0.25) is 47.7 Å². The van der Waals surface area contributed by atoms with Crippen molar-refractivity contribution >= 4 is 69.4 Å². The number of carboxylic acids is 3. The summed E-state index contributed by atoms with van der Waals surface area (Å²) in [6.45, 7) is -0.821. The quantitative estimate of drug-likeness (QED) is 0.0222. The van der Waals surface area contributed by atoms with E-state index in [1.807, 2.05) is 0 Å². The lowest BCUT2D eigenvalue weighted by atomic mass is 9.94. The molecule has 0 heterocycles. The number of rotatable bonds is 33. The molecule has 0 aromatic carbocycles. The van der Waals surface area contributed by atoms with E-state index in [9.17, 15) is 66.6 Å². The zero-order valence-corrected chi connectivity index (χ0v) is 29.8. The maximum Gasteiger partial charge on any atom is 0.306 e. The highest BCUT2D eigenvalue weighted by Gasteiger charge is 2.31. The summed E-state index contributed by atoms with van der Waals surface area (Å²) >= 11 is 0. The molecular formula is C31H47N3O18S. The number of aldehydes is 1. The summed E-state index contributed by atoms with van der Waals surface area (Å²) in [5, 5.41) is 34.4. The Bertz CT molecular complexity index is 1400. The van der Waals surface area contributed by atoms with E-state index in [1.165, 1.54) is 0 Å². The van der Waals surface area contributed by atoms with Crippen LogP contribution in [0.15, 0.2) is 0 Å². The lowest BCUT2D eigenvalue weighted by Crippen LogP contribution is -2.46. The first-order valence-electron chi connectivity index (χ1n) is 16.4. The minimum atomic E-state index is -4.79. The van der Waals surface area contributed by atoms with Gasteiger partial charge < -0.3 is 45.5 Å². The summed E-state index contributed by atoms with van der Waals surface area (Å²) in [7, 11) is -4.79. The number of amides is 3. The monoisotopic (exact) mass is 781 g/mol. The van der Waals surface area contributed by atoms with Crippen molar-refractivity contribution in [3.05, 3.63) is 0 Å². The predicted molar refractivity (Wildman–Crippen MR) is 178 cm³/mol. The van der Waals surface area contributed by atoms with E-state index < -0.39 is 100 Å². The largest absolute Gasteiger partial charge is 0.481 e. The predicted octanol–water partition coefficient (Wildman–Crippen LogP) is -1.69. The van der Waals surface area contributed by atoms with Gasteiger partial charge in [-0.05, 0) is 19.3 Å². The van der Waals surface area contributed by atoms with Crippen molar-refractivity contribution in [2.75, 3.05) is 45.3 Å². The summed E-state index contributed by atoms with van der Waals surface area (Å²) in [6, 6.07) is -1.81. The molecule has 0 aliphatic carbocycles. The second kappa shape index (κ2) is 27.0.